The van der Waals surface area contributed by atoms with Crippen LogP contribution in [0.5, 0.6) is 0 Å². The Balaban J connectivity index is -0.000000123. The van der Waals surface area contributed by atoms with Crippen molar-refractivity contribution in [2.24, 2.45) is 0 Å². The number of ether oxygens (including phenoxy) is 1. The van der Waals surface area contributed by atoms with Crippen LogP contribution in [0.3, 0.4) is 0 Å². The van der Waals surface area contributed by atoms with Crippen molar-refractivity contribution in [2.45, 2.75) is 26.4 Å². The third-order valence-corrected chi connectivity index (χ3v) is 1.31. The molecule has 1 rings (SSSR count). The fourth-order valence-corrected chi connectivity index (χ4v) is 0.872. The van der Waals surface area contributed by atoms with Crippen molar-refractivity contribution in [3.8, 4) is 0 Å². The molecule has 0 aromatic heterocycles. The number of hydrogen-bond acceptors (Lipinski definition) is 2. The first-order valence-corrected chi connectivity index (χ1v) is 4.37. The van der Waals surface area contributed by atoms with Gasteiger partial charge in [0.25, 0.3) is 0 Å². The SMILES string of the molecule is CC(C)OC1=CCC(=O)C=C1.[C-]#[O+].[C-]#[O+].[C-]#[O+].[Fe]. The van der Waals surface area contributed by atoms with Crippen LogP contribution in [0.2, 0.25) is 0 Å². The maximum atomic E-state index is 10.7. The van der Waals surface area contributed by atoms with Crippen LogP contribution in [0, 0.1) is 20.0 Å². The van der Waals surface area contributed by atoms with Crippen LogP contribution >= 0.6 is 0 Å². The van der Waals surface area contributed by atoms with Crippen LogP contribution in [-0.4, -0.2) is 11.9 Å². The molecule has 5 nitrogen and oxygen atoms in total. The zero-order valence-corrected chi connectivity index (χ0v) is 11.0. The van der Waals surface area contributed by atoms with Gasteiger partial charge in [-0.05, 0) is 32.1 Å². The Labute approximate surface area is 117 Å². The largest absolute Gasteiger partial charge is 0 e. The minimum Gasteiger partial charge on any atom is 0 e. The molecule has 6 heteroatoms. The number of allylic oxidation sites excluding steroid dienone is 3. The number of carbonyl (C=O) groups excluding carboxylic acids is 1. The molecule has 0 amide bonds. The van der Waals surface area contributed by atoms with Gasteiger partial charge in [0.15, 0.2) is 5.78 Å². The number of rotatable bonds is 2. The van der Waals surface area contributed by atoms with E-state index in [0.29, 0.717) is 6.42 Å². The summed E-state index contributed by atoms with van der Waals surface area (Å²) in [6, 6.07) is 0. The Morgan fingerprint density at radius 2 is 1.56 bits per heavy atom. The molecule has 98 valence electrons. The molecule has 1 aliphatic carbocycles. The molecule has 0 aromatic rings. The summed E-state index contributed by atoms with van der Waals surface area (Å²) in [5.41, 5.74) is 0. The van der Waals surface area contributed by atoms with Crippen molar-refractivity contribution in [3.05, 3.63) is 43.9 Å². The van der Waals surface area contributed by atoms with E-state index in [0.717, 1.165) is 5.76 Å². The Kier molecular flexibility index (Phi) is 29.8. The van der Waals surface area contributed by atoms with E-state index >= 15 is 0 Å². The Hall–Kier alpha value is -1.31. The molecule has 0 N–H and O–H groups in total. The van der Waals surface area contributed by atoms with Gasteiger partial charge in [-0.2, -0.15) is 0 Å². The first kappa shape index (κ1) is 25.5. The summed E-state index contributed by atoms with van der Waals surface area (Å²) >= 11 is 0. The number of hydrogen-bond donors (Lipinski definition) is 0. The van der Waals surface area contributed by atoms with Crippen molar-refractivity contribution in [1.29, 1.82) is 0 Å². The van der Waals surface area contributed by atoms with E-state index in [4.69, 9.17) is 18.7 Å². The van der Waals surface area contributed by atoms with Gasteiger partial charge in [0, 0.05) is 23.5 Å². The molecule has 1 aliphatic rings. The molecular formula is C12H12FeO5. The molecule has 0 fully saturated rings. The molecule has 0 aromatic carbocycles. The van der Waals surface area contributed by atoms with Gasteiger partial charge >= 0.3 is 33.9 Å². The molecule has 0 aliphatic heterocycles. The van der Waals surface area contributed by atoms with Gasteiger partial charge in [0.2, 0.25) is 0 Å². The summed E-state index contributed by atoms with van der Waals surface area (Å²) in [7, 11) is 0. The molecular weight excluding hydrogens is 280 g/mol. The van der Waals surface area contributed by atoms with E-state index in [1.165, 1.54) is 0 Å². The van der Waals surface area contributed by atoms with Crippen molar-refractivity contribution in [2.75, 3.05) is 0 Å². The third kappa shape index (κ3) is 17.1. The average Bonchev–Trinajstić information content (AvgIpc) is 2.39. The smallest absolute Gasteiger partial charge is 0 e. The van der Waals surface area contributed by atoms with Crippen LogP contribution in [0.15, 0.2) is 24.0 Å². The summed E-state index contributed by atoms with van der Waals surface area (Å²) in [6.45, 7) is 17.4. The van der Waals surface area contributed by atoms with Crippen molar-refractivity contribution >= 4 is 5.78 Å². The summed E-state index contributed by atoms with van der Waals surface area (Å²) in [4.78, 5) is 10.7. The minimum atomic E-state index is 0. The fourth-order valence-electron chi connectivity index (χ4n) is 0.872. The van der Waals surface area contributed by atoms with E-state index in [2.05, 4.69) is 20.0 Å². The predicted octanol–water partition coefficient (Wildman–Crippen LogP) is 1.71. The van der Waals surface area contributed by atoms with E-state index in [9.17, 15) is 4.79 Å². The molecule has 0 saturated carbocycles. The van der Waals surface area contributed by atoms with Crippen LogP contribution in [0.1, 0.15) is 20.3 Å². The van der Waals surface area contributed by atoms with Crippen molar-refractivity contribution in [3.63, 3.8) is 0 Å². The third-order valence-electron chi connectivity index (χ3n) is 1.31. The van der Waals surface area contributed by atoms with Crippen LogP contribution in [0.25, 0.3) is 0 Å². The molecule has 0 saturated heterocycles. The number of carbonyl (C=O) groups is 1. The molecule has 0 heterocycles. The van der Waals surface area contributed by atoms with Gasteiger partial charge in [0.05, 0.1) is 6.10 Å². The van der Waals surface area contributed by atoms with Gasteiger partial charge in [-0.25, -0.2) is 0 Å². The zero-order valence-electron chi connectivity index (χ0n) is 9.91. The summed E-state index contributed by atoms with van der Waals surface area (Å²) in [5.74, 6) is 0.945. The average molecular weight is 292 g/mol. The maximum absolute atomic E-state index is 10.7. The normalized spacial score (nSPS) is 10.7. The molecule has 0 bridgehead atoms. The summed E-state index contributed by atoms with van der Waals surface area (Å²) in [6.07, 6.45) is 5.73. The van der Waals surface area contributed by atoms with Gasteiger partial charge < -0.3 is 4.74 Å². The van der Waals surface area contributed by atoms with Crippen molar-refractivity contribution in [1.82, 2.24) is 0 Å². The Morgan fingerprint density at radius 3 is 1.83 bits per heavy atom. The fraction of sp³-hybridized carbons (Fsp3) is 0.333. The van der Waals surface area contributed by atoms with Crippen LogP contribution in [-0.2, 0) is 40.6 Å². The Bertz CT molecular complexity index is 309. The molecule has 0 atom stereocenters. The summed E-state index contributed by atoms with van der Waals surface area (Å²) < 4.78 is 27.9. The van der Waals surface area contributed by atoms with Gasteiger partial charge in [0.1, 0.15) is 5.76 Å². The van der Waals surface area contributed by atoms with Crippen LogP contribution < -0.4 is 0 Å². The second-order valence-corrected chi connectivity index (χ2v) is 2.78. The van der Waals surface area contributed by atoms with E-state index in [-0.39, 0.29) is 29.0 Å². The van der Waals surface area contributed by atoms with E-state index in [1.54, 1.807) is 12.2 Å². The Morgan fingerprint density at radius 1 is 1.11 bits per heavy atom. The maximum Gasteiger partial charge on any atom is 0 e. The zero-order chi connectivity index (χ0) is 14.3. The second-order valence-electron chi connectivity index (χ2n) is 2.78. The van der Waals surface area contributed by atoms with Crippen molar-refractivity contribution < 1.29 is 40.6 Å². The molecule has 0 unspecified atom stereocenters. The van der Waals surface area contributed by atoms with E-state index < -0.39 is 0 Å². The molecule has 0 radical (unpaired) electrons. The monoisotopic (exact) mass is 292 g/mol. The molecule has 18 heavy (non-hydrogen) atoms. The first-order valence-electron chi connectivity index (χ1n) is 4.37. The topological polar surface area (TPSA) is 86.0 Å². The van der Waals surface area contributed by atoms with E-state index in [1.807, 2.05) is 19.9 Å². The second kappa shape index (κ2) is 21.0. The number of ketones is 1. The van der Waals surface area contributed by atoms with Gasteiger partial charge in [-0.1, -0.05) is 0 Å². The van der Waals surface area contributed by atoms with Crippen LogP contribution in [0.4, 0.5) is 0 Å². The standard InChI is InChI=1S/C9H12O2.3CO.Fe/c1-7(2)11-9-5-3-8(10)4-6-9;3*1-2;/h3,5-7H,4H2,1-2H3;;;;. The minimum absolute atomic E-state index is 0. The molecule has 0 spiro atoms. The predicted molar refractivity (Wildman–Crippen MR) is 54.9 cm³/mol. The quantitative estimate of drug-likeness (QED) is 0.440. The van der Waals surface area contributed by atoms with Gasteiger partial charge in [-0.3, -0.25) is 4.79 Å². The van der Waals surface area contributed by atoms with Gasteiger partial charge in [-0.15, -0.1) is 0 Å². The summed E-state index contributed by atoms with van der Waals surface area (Å²) in [5, 5.41) is 0. The first-order chi connectivity index (χ1) is 8.18.